The first-order valence-corrected chi connectivity index (χ1v) is 10.4. The molecule has 4 N–H and O–H groups in total. The number of aliphatic hydroxyl groups is 3. The molecule has 0 radical (unpaired) electrons. The van der Waals surface area contributed by atoms with Crippen LogP contribution >= 0.6 is 0 Å². The van der Waals surface area contributed by atoms with Gasteiger partial charge in [-0.15, -0.1) is 0 Å². The molecule has 1 aromatic rings. The van der Waals surface area contributed by atoms with Crippen LogP contribution in [0.3, 0.4) is 0 Å². The highest BCUT2D eigenvalue weighted by Crippen LogP contribution is 2.19. The van der Waals surface area contributed by atoms with Crippen LogP contribution in [0.25, 0.3) is 0 Å². The van der Waals surface area contributed by atoms with Crippen molar-refractivity contribution in [3.05, 3.63) is 35.4 Å². The molecular weight excluding hydrogens is 394 g/mol. The van der Waals surface area contributed by atoms with Crippen LogP contribution in [-0.4, -0.2) is 44.7 Å². The number of aliphatic hydroxyl groups excluding tert-OH is 3. The number of hydrogen-bond acceptors (Lipinski definition) is 4. The van der Waals surface area contributed by atoms with Crippen LogP contribution in [0.4, 0.5) is 8.78 Å². The Morgan fingerprint density at radius 1 is 0.967 bits per heavy atom. The highest BCUT2D eigenvalue weighted by Gasteiger charge is 2.18. The van der Waals surface area contributed by atoms with Crippen LogP contribution < -0.4 is 0 Å². The molecule has 7 heteroatoms. The van der Waals surface area contributed by atoms with Crippen LogP contribution in [0.15, 0.2) is 18.2 Å². The lowest BCUT2D eigenvalue weighted by Crippen LogP contribution is -2.25. The maximum absolute atomic E-state index is 13.1. The Hall–Kier alpha value is -2.01. The standard InChI is InChI=1S/C23H32F2O5/c1-16(6-4-2-3-5-7-23(29)30)22(28)15-21(27)11-10-20(26)9-8-17-12-18(24)14-19(25)13-17/h12-14,16,20-22,26-28H,2-7,10-11,15H2,1H3,(H,29,30)/t16-,20?,21-,22-/m0/s1. The number of aliphatic carboxylic acids is 1. The van der Waals surface area contributed by atoms with Crippen molar-refractivity contribution in [2.24, 2.45) is 5.92 Å². The number of halogens is 2. The molecule has 30 heavy (non-hydrogen) atoms. The van der Waals surface area contributed by atoms with E-state index in [-0.39, 0.29) is 37.2 Å². The zero-order chi connectivity index (χ0) is 22.5. The molecule has 4 atom stereocenters. The Balaban J connectivity index is 2.26. The summed E-state index contributed by atoms with van der Waals surface area (Å²) in [5.41, 5.74) is 0.124. The molecule has 0 aliphatic heterocycles. The van der Waals surface area contributed by atoms with Crippen LogP contribution in [0.2, 0.25) is 0 Å². The predicted molar refractivity (Wildman–Crippen MR) is 110 cm³/mol. The van der Waals surface area contributed by atoms with Crippen LogP contribution in [0.1, 0.15) is 70.3 Å². The Morgan fingerprint density at radius 3 is 2.23 bits per heavy atom. The Kier molecular flexibility index (Phi) is 12.2. The second-order valence-corrected chi connectivity index (χ2v) is 7.80. The van der Waals surface area contributed by atoms with Crippen molar-refractivity contribution in [3.63, 3.8) is 0 Å². The smallest absolute Gasteiger partial charge is 0.303 e. The number of unbranched alkanes of at least 4 members (excludes halogenated alkanes) is 3. The molecule has 168 valence electrons. The second-order valence-electron chi connectivity index (χ2n) is 7.80. The Labute approximate surface area is 176 Å². The zero-order valence-corrected chi connectivity index (χ0v) is 17.4. The summed E-state index contributed by atoms with van der Waals surface area (Å²) in [5, 5.41) is 38.8. The van der Waals surface area contributed by atoms with E-state index in [1.807, 2.05) is 6.92 Å². The number of rotatable bonds is 13. The highest BCUT2D eigenvalue weighted by molar-refractivity contribution is 5.66. The van der Waals surface area contributed by atoms with Crippen molar-refractivity contribution in [1.29, 1.82) is 0 Å². The minimum atomic E-state index is -1.05. The minimum Gasteiger partial charge on any atom is -0.481 e. The third-order valence-electron chi connectivity index (χ3n) is 4.99. The van der Waals surface area contributed by atoms with E-state index in [1.54, 1.807) is 0 Å². The molecule has 0 aromatic heterocycles. The second kappa shape index (κ2) is 14.1. The molecule has 0 aliphatic rings. The maximum atomic E-state index is 13.1. The van der Waals surface area contributed by atoms with Gasteiger partial charge in [0, 0.05) is 18.1 Å². The lowest BCUT2D eigenvalue weighted by atomic mass is 9.92. The number of carboxylic acid groups (broad SMARTS) is 1. The topological polar surface area (TPSA) is 98.0 Å². The summed E-state index contributed by atoms with van der Waals surface area (Å²) in [4.78, 5) is 10.4. The molecule has 0 spiro atoms. The summed E-state index contributed by atoms with van der Waals surface area (Å²) >= 11 is 0. The van der Waals surface area contributed by atoms with Gasteiger partial charge in [-0.1, -0.05) is 38.0 Å². The van der Waals surface area contributed by atoms with Gasteiger partial charge in [0.1, 0.15) is 17.7 Å². The van der Waals surface area contributed by atoms with Crippen molar-refractivity contribution in [1.82, 2.24) is 0 Å². The first kappa shape index (κ1) is 26.0. The van der Waals surface area contributed by atoms with Crippen molar-refractivity contribution in [2.45, 2.75) is 83.0 Å². The van der Waals surface area contributed by atoms with E-state index in [0.29, 0.717) is 6.42 Å². The first-order valence-electron chi connectivity index (χ1n) is 10.4. The molecule has 0 heterocycles. The van der Waals surface area contributed by atoms with Gasteiger partial charge >= 0.3 is 5.97 Å². The number of benzene rings is 1. The summed E-state index contributed by atoms with van der Waals surface area (Å²) in [7, 11) is 0. The number of carboxylic acids is 1. The van der Waals surface area contributed by atoms with Gasteiger partial charge in [0.15, 0.2) is 0 Å². The van der Waals surface area contributed by atoms with Crippen molar-refractivity contribution < 1.29 is 34.0 Å². The fourth-order valence-corrected chi connectivity index (χ4v) is 3.13. The molecule has 0 bridgehead atoms. The molecule has 5 nitrogen and oxygen atoms in total. The van der Waals surface area contributed by atoms with E-state index in [9.17, 15) is 28.9 Å². The molecule has 1 rings (SSSR count). The van der Waals surface area contributed by atoms with Gasteiger partial charge in [0.05, 0.1) is 12.2 Å². The van der Waals surface area contributed by atoms with E-state index >= 15 is 0 Å². The third kappa shape index (κ3) is 11.9. The van der Waals surface area contributed by atoms with Gasteiger partial charge in [-0.3, -0.25) is 4.79 Å². The van der Waals surface area contributed by atoms with E-state index in [4.69, 9.17) is 5.11 Å². The fraction of sp³-hybridized carbons (Fsp3) is 0.609. The third-order valence-corrected chi connectivity index (χ3v) is 4.99. The van der Waals surface area contributed by atoms with Gasteiger partial charge in [-0.2, -0.15) is 0 Å². The average Bonchev–Trinajstić information content (AvgIpc) is 2.66. The fourth-order valence-electron chi connectivity index (χ4n) is 3.13. The SMILES string of the molecule is C[C@@H](CCCCCCC(=O)O)[C@@H](O)C[C@@H](O)CCC(O)C#Cc1cc(F)cc(F)c1. The van der Waals surface area contributed by atoms with Crippen molar-refractivity contribution in [2.75, 3.05) is 0 Å². The average molecular weight is 427 g/mol. The quantitative estimate of drug-likeness (QED) is 0.285. The lowest BCUT2D eigenvalue weighted by molar-refractivity contribution is -0.137. The lowest BCUT2D eigenvalue weighted by Gasteiger charge is -2.22. The number of carbonyl (C=O) groups is 1. The zero-order valence-electron chi connectivity index (χ0n) is 17.4. The molecule has 0 aliphatic carbocycles. The summed E-state index contributed by atoms with van der Waals surface area (Å²) in [6, 6.07) is 2.88. The molecule has 0 saturated heterocycles. The van der Waals surface area contributed by atoms with Crippen LogP contribution in [-0.2, 0) is 4.79 Å². The van der Waals surface area contributed by atoms with Gasteiger partial charge in [0.25, 0.3) is 0 Å². The van der Waals surface area contributed by atoms with E-state index in [2.05, 4.69) is 11.8 Å². The molecule has 1 aromatic carbocycles. The van der Waals surface area contributed by atoms with E-state index < -0.39 is 35.9 Å². The largest absolute Gasteiger partial charge is 0.481 e. The molecular formula is C23H32F2O5. The summed E-state index contributed by atoms with van der Waals surface area (Å²) < 4.78 is 26.2. The Bertz CT molecular complexity index is 693. The first-order chi connectivity index (χ1) is 14.2. The van der Waals surface area contributed by atoms with Crippen molar-refractivity contribution >= 4 is 5.97 Å². The summed E-state index contributed by atoms with van der Waals surface area (Å²) in [6.07, 6.45) is 2.38. The Morgan fingerprint density at radius 2 is 1.60 bits per heavy atom. The maximum Gasteiger partial charge on any atom is 0.303 e. The highest BCUT2D eigenvalue weighted by atomic mass is 19.1. The van der Waals surface area contributed by atoms with Gasteiger partial charge < -0.3 is 20.4 Å². The van der Waals surface area contributed by atoms with Crippen molar-refractivity contribution in [3.8, 4) is 11.8 Å². The normalized spacial score (nSPS) is 15.0. The molecule has 0 amide bonds. The van der Waals surface area contributed by atoms with Gasteiger partial charge in [0.2, 0.25) is 0 Å². The van der Waals surface area contributed by atoms with Gasteiger partial charge in [-0.05, 0) is 50.2 Å². The predicted octanol–water partition coefficient (Wildman–Crippen LogP) is 3.63. The number of hydrogen-bond donors (Lipinski definition) is 4. The monoisotopic (exact) mass is 426 g/mol. The molecule has 0 saturated carbocycles. The van der Waals surface area contributed by atoms with Crippen LogP contribution in [0, 0.1) is 29.4 Å². The molecule has 1 unspecified atom stereocenters. The van der Waals surface area contributed by atoms with E-state index in [0.717, 1.165) is 43.9 Å². The minimum absolute atomic E-state index is 0.00622. The van der Waals surface area contributed by atoms with E-state index in [1.165, 1.54) is 0 Å². The summed E-state index contributed by atoms with van der Waals surface area (Å²) in [5.74, 6) is 2.74. The summed E-state index contributed by atoms with van der Waals surface area (Å²) in [6.45, 7) is 1.91. The van der Waals surface area contributed by atoms with Gasteiger partial charge in [-0.25, -0.2) is 8.78 Å². The molecule has 0 fully saturated rings. The van der Waals surface area contributed by atoms with Crippen LogP contribution in [0.5, 0.6) is 0 Å².